The molecule has 0 aliphatic carbocycles. The fraction of sp³-hybridized carbons (Fsp3) is 0.560. The van der Waals surface area contributed by atoms with Gasteiger partial charge in [-0.1, -0.05) is 25.1 Å². The maximum atomic E-state index is 14.4. The number of carbonyl (C=O) groups excluding carboxylic acids is 5. The molecule has 1 aromatic rings. The number of halogens is 1. The summed E-state index contributed by atoms with van der Waals surface area (Å²) in [4.78, 5) is 65.4. The molecule has 2 heterocycles. The first-order valence-electron chi connectivity index (χ1n) is 12.1. The highest BCUT2D eigenvalue weighted by molar-refractivity contribution is 5.99. The Hall–Kier alpha value is -3.30. The number of unbranched alkanes of at least 4 members (excludes halogenated alkanes) is 1. The van der Waals surface area contributed by atoms with Crippen molar-refractivity contribution >= 4 is 29.9 Å². The number of amides is 4. The van der Waals surface area contributed by atoms with E-state index >= 15 is 0 Å². The second-order valence-electron chi connectivity index (χ2n) is 9.34. The number of nitrogens with one attached hydrogen (secondary N) is 3. The van der Waals surface area contributed by atoms with E-state index in [9.17, 15) is 28.4 Å². The highest BCUT2D eigenvalue weighted by Gasteiger charge is 2.43. The van der Waals surface area contributed by atoms with E-state index in [4.69, 9.17) is 0 Å². The van der Waals surface area contributed by atoms with Crippen molar-refractivity contribution in [2.24, 2.45) is 0 Å². The van der Waals surface area contributed by atoms with Crippen LogP contribution in [0.15, 0.2) is 24.3 Å². The van der Waals surface area contributed by atoms with Gasteiger partial charge in [-0.05, 0) is 50.7 Å². The molecule has 190 valence electrons. The van der Waals surface area contributed by atoms with Gasteiger partial charge >= 0.3 is 0 Å². The van der Waals surface area contributed by atoms with Crippen molar-refractivity contribution in [1.29, 1.82) is 0 Å². The van der Waals surface area contributed by atoms with Gasteiger partial charge in [-0.3, -0.25) is 19.2 Å². The Morgan fingerprint density at radius 3 is 2.54 bits per heavy atom. The Morgan fingerprint density at radius 2 is 1.86 bits per heavy atom. The lowest BCUT2D eigenvalue weighted by Crippen LogP contribution is -2.65. The topological polar surface area (TPSA) is 125 Å². The van der Waals surface area contributed by atoms with Gasteiger partial charge in [0.2, 0.25) is 23.6 Å². The molecule has 0 saturated carbocycles. The van der Waals surface area contributed by atoms with E-state index in [0.29, 0.717) is 25.8 Å². The standard InChI is InChI=1S/C25H33FN4O5/c1-3-25(2)24(35)28-19(15-16-9-4-5-10-17(16)26)23(34)30-13-8-12-20(30)22(33)27-18(21(32)29-25)11-6-7-14-31/h4-5,9-10,14,18-20H,3,6-8,11-13,15H2,1-2H3,(H,27,33)(H,28,35)(H,29,32)/t18-,19-,20+,25-/m0/s1. The Kier molecular flexibility index (Phi) is 8.58. The zero-order valence-corrected chi connectivity index (χ0v) is 20.1. The van der Waals surface area contributed by atoms with E-state index in [1.165, 1.54) is 17.0 Å². The Morgan fingerprint density at radius 1 is 1.11 bits per heavy atom. The van der Waals surface area contributed by atoms with Gasteiger partial charge in [0.1, 0.15) is 35.8 Å². The van der Waals surface area contributed by atoms with Crippen molar-refractivity contribution in [1.82, 2.24) is 20.9 Å². The molecule has 2 aliphatic heterocycles. The van der Waals surface area contributed by atoms with Crippen LogP contribution in [-0.4, -0.2) is 65.0 Å². The Labute approximate surface area is 204 Å². The molecule has 3 N–H and O–H groups in total. The Balaban J connectivity index is 1.97. The monoisotopic (exact) mass is 488 g/mol. The third-order valence-corrected chi connectivity index (χ3v) is 6.88. The minimum Gasteiger partial charge on any atom is -0.343 e. The van der Waals surface area contributed by atoms with Crippen molar-refractivity contribution in [3.8, 4) is 0 Å². The van der Waals surface area contributed by atoms with Crippen molar-refractivity contribution in [3.05, 3.63) is 35.6 Å². The summed E-state index contributed by atoms with van der Waals surface area (Å²) < 4.78 is 14.4. The van der Waals surface area contributed by atoms with Gasteiger partial charge in [-0.25, -0.2) is 4.39 Å². The zero-order chi connectivity index (χ0) is 25.6. The van der Waals surface area contributed by atoms with Gasteiger partial charge in [0.05, 0.1) is 0 Å². The van der Waals surface area contributed by atoms with Crippen LogP contribution in [0.2, 0.25) is 0 Å². The van der Waals surface area contributed by atoms with E-state index in [0.717, 1.165) is 6.29 Å². The highest BCUT2D eigenvalue weighted by atomic mass is 19.1. The number of rotatable bonds is 7. The molecular weight excluding hydrogens is 455 g/mol. The molecule has 0 aromatic heterocycles. The van der Waals surface area contributed by atoms with E-state index in [1.807, 2.05) is 0 Å². The van der Waals surface area contributed by atoms with Crippen LogP contribution in [0.3, 0.4) is 0 Å². The van der Waals surface area contributed by atoms with Gasteiger partial charge in [-0.2, -0.15) is 0 Å². The predicted molar refractivity (Wildman–Crippen MR) is 125 cm³/mol. The van der Waals surface area contributed by atoms with Crippen LogP contribution in [0.25, 0.3) is 0 Å². The molecule has 1 aromatic carbocycles. The van der Waals surface area contributed by atoms with Crippen LogP contribution >= 0.6 is 0 Å². The number of nitrogens with zero attached hydrogens (tertiary/aromatic N) is 1. The molecule has 0 spiro atoms. The van der Waals surface area contributed by atoms with Gasteiger partial charge in [-0.15, -0.1) is 0 Å². The number of aldehydes is 1. The number of hydrogen-bond donors (Lipinski definition) is 3. The lowest BCUT2D eigenvalue weighted by molar-refractivity contribution is -0.144. The fourth-order valence-electron chi connectivity index (χ4n) is 4.51. The van der Waals surface area contributed by atoms with Crippen molar-refractivity contribution in [2.45, 2.75) is 82.5 Å². The summed E-state index contributed by atoms with van der Waals surface area (Å²) in [5.74, 6) is -2.54. The SMILES string of the molecule is CC[C@]1(C)NC(=O)[C@H](CCCC=O)NC(=O)[C@H]2CCCN2C(=O)[C@H](Cc2ccccc2F)NC1=O. The molecule has 0 radical (unpaired) electrons. The number of hydrogen-bond acceptors (Lipinski definition) is 5. The molecule has 9 nitrogen and oxygen atoms in total. The van der Waals surface area contributed by atoms with Gasteiger partial charge in [0.15, 0.2) is 0 Å². The predicted octanol–water partition coefficient (Wildman–Crippen LogP) is 0.997. The largest absolute Gasteiger partial charge is 0.343 e. The second-order valence-corrected chi connectivity index (χ2v) is 9.34. The molecule has 0 unspecified atom stereocenters. The summed E-state index contributed by atoms with van der Waals surface area (Å²) in [5.41, 5.74) is -1.11. The van der Waals surface area contributed by atoms with E-state index < -0.39 is 53.1 Å². The summed E-state index contributed by atoms with van der Waals surface area (Å²) in [6.45, 7) is 3.57. The molecule has 0 bridgehead atoms. The van der Waals surface area contributed by atoms with Gasteiger partial charge in [0.25, 0.3) is 0 Å². The van der Waals surface area contributed by atoms with E-state index in [1.54, 1.807) is 26.0 Å². The molecule has 2 saturated heterocycles. The number of benzene rings is 1. The minimum atomic E-state index is -1.37. The first kappa shape index (κ1) is 26.3. The molecule has 2 fully saturated rings. The third kappa shape index (κ3) is 6.04. The maximum Gasteiger partial charge on any atom is 0.246 e. The first-order valence-corrected chi connectivity index (χ1v) is 12.1. The van der Waals surface area contributed by atoms with Crippen molar-refractivity contribution < 1.29 is 28.4 Å². The van der Waals surface area contributed by atoms with Crippen LogP contribution in [-0.2, 0) is 30.4 Å². The summed E-state index contributed by atoms with van der Waals surface area (Å²) in [5, 5.41) is 8.19. The second kappa shape index (κ2) is 11.4. The summed E-state index contributed by atoms with van der Waals surface area (Å²) in [6, 6.07) is 3.14. The third-order valence-electron chi connectivity index (χ3n) is 6.88. The van der Waals surface area contributed by atoms with Crippen molar-refractivity contribution in [2.75, 3.05) is 6.54 Å². The molecular formula is C25H33FN4O5. The molecule has 10 heteroatoms. The quantitative estimate of drug-likeness (QED) is 0.390. The van der Waals surface area contributed by atoms with E-state index in [-0.39, 0.29) is 31.2 Å². The van der Waals surface area contributed by atoms with Crippen LogP contribution in [0.4, 0.5) is 4.39 Å². The average Bonchev–Trinajstić information content (AvgIpc) is 3.33. The smallest absolute Gasteiger partial charge is 0.246 e. The summed E-state index contributed by atoms with van der Waals surface area (Å²) in [7, 11) is 0. The van der Waals surface area contributed by atoms with Crippen LogP contribution < -0.4 is 16.0 Å². The summed E-state index contributed by atoms with van der Waals surface area (Å²) >= 11 is 0. The Bertz CT molecular complexity index is 986. The van der Waals surface area contributed by atoms with Crippen LogP contribution in [0.1, 0.15) is 57.9 Å². The minimum absolute atomic E-state index is 0.0931. The normalized spacial score (nSPS) is 27.7. The van der Waals surface area contributed by atoms with Crippen LogP contribution in [0, 0.1) is 5.82 Å². The van der Waals surface area contributed by atoms with Gasteiger partial charge in [0, 0.05) is 19.4 Å². The molecule has 4 amide bonds. The fourth-order valence-corrected chi connectivity index (χ4v) is 4.51. The van der Waals surface area contributed by atoms with E-state index in [2.05, 4.69) is 16.0 Å². The molecule has 35 heavy (non-hydrogen) atoms. The maximum absolute atomic E-state index is 14.4. The van der Waals surface area contributed by atoms with Gasteiger partial charge < -0.3 is 25.6 Å². The molecule has 2 aliphatic rings. The van der Waals surface area contributed by atoms with Crippen molar-refractivity contribution in [3.63, 3.8) is 0 Å². The average molecular weight is 489 g/mol. The summed E-state index contributed by atoms with van der Waals surface area (Å²) in [6.07, 6.45) is 2.69. The lowest BCUT2D eigenvalue weighted by Gasteiger charge is -2.35. The highest BCUT2D eigenvalue weighted by Crippen LogP contribution is 2.22. The molecule has 4 atom stereocenters. The number of fused-ring (bicyclic) bond motifs is 1. The number of carbonyl (C=O) groups is 5. The zero-order valence-electron chi connectivity index (χ0n) is 20.1. The first-order chi connectivity index (χ1) is 16.7. The lowest BCUT2D eigenvalue weighted by atomic mass is 9.94. The van der Waals surface area contributed by atoms with Crippen LogP contribution in [0.5, 0.6) is 0 Å². The molecule has 3 rings (SSSR count).